The Hall–Kier alpha value is -4.05. The highest BCUT2D eigenvalue weighted by Crippen LogP contribution is 2.28. The van der Waals surface area contributed by atoms with Crippen LogP contribution in [0, 0.1) is 0 Å². The first-order chi connectivity index (χ1) is 23.2. The van der Waals surface area contributed by atoms with Crippen molar-refractivity contribution in [3.63, 3.8) is 0 Å². The van der Waals surface area contributed by atoms with Gasteiger partial charge in [0.1, 0.15) is 18.3 Å². The lowest BCUT2D eigenvalue weighted by molar-refractivity contribution is -0.140. The minimum atomic E-state index is -4.21. The van der Waals surface area contributed by atoms with Gasteiger partial charge >= 0.3 is 0 Å². The zero-order valence-electron chi connectivity index (χ0n) is 26.7. The van der Waals surface area contributed by atoms with Gasteiger partial charge in [0.2, 0.25) is 11.8 Å². The summed E-state index contributed by atoms with van der Waals surface area (Å²) < 4.78 is 34.7. The van der Waals surface area contributed by atoms with Gasteiger partial charge in [-0.25, -0.2) is 8.42 Å². The van der Waals surface area contributed by atoms with Crippen LogP contribution in [-0.4, -0.2) is 50.9 Å². The van der Waals surface area contributed by atoms with Crippen LogP contribution in [0.15, 0.2) is 108 Å². The first kappa shape index (κ1) is 35.3. The Balaban J connectivity index is 1.57. The number of sulfonamides is 1. The van der Waals surface area contributed by atoms with Gasteiger partial charge in [-0.3, -0.25) is 13.9 Å². The predicted octanol–water partition coefficient (Wildman–Crippen LogP) is 7.29. The summed E-state index contributed by atoms with van der Waals surface area (Å²) >= 11 is 12.6. The van der Waals surface area contributed by atoms with Gasteiger partial charge in [-0.05, 0) is 72.5 Å². The number of nitrogens with one attached hydrogen (secondary N) is 1. The largest absolute Gasteiger partial charge is 0.497 e. The van der Waals surface area contributed by atoms with E-state index in [9.17, 15) is 18.0 Å². The Morgan fingerprint density at radius 3 is 2.10 bits per heavy atom. The van der Waals surface area contributed by atoms with E-state index in [0.717, 1.165) is 42.0 Å². The molecule has 48 heavy (non-hydrogen) atoms. The Bertz CT molecular complexity index is 1790. The molecule has 1 atom stereocenters. The summed E-state index contributed by atoms with van der Waals surface area (Å²) in [7, 11) is -2.69. The van der Waals surface area contributed by atoms with Crippen molar-refractivity contribution in [2.75, 3.05) is 18.0 Å². The number of benzene rings is 4. The first-order valence-electron chi connectivity index (χ1n) is 16.0. The van der Waals surface area contributed by atoms with E-state index in [0.29, 0.717) is 21.4 Å². The maximum absolute atomic E-state index is 14.7. The topological polar surface area (TPSA) is 96.0 Å². The number of amides is 2. The molecule has 0 aliphatic heterocycles. The van der Waals surface area contributed by atoms with Crippen LogP contribution in [0.2, 0.25) is 10.0 Å². The van der Waals surface area contributed by atoms with Crippen molar-refractivity contribution in [1.29, 1.82) is 0 Å². The summed E-state index contributed by atoms with van der Waals surface area (Å²) in [5.74, 6) is -0.317. The van der Waals surface area contributed by atoms with E-state index in [1.54, 1.807) is 60.7 Å². The summed E-state index contributed by atoms with van der Waals surface area (Å²) in [5, 5.41) is 3.87. The van der Waals surface area contributed by atoms with Crippen LogP contribution >= 0.6 is 23.2 Å². The first-order valence-corrected chi connectivity index (χ1v) is 18.1. The second-order valence-corrected chi connectivity index (χ2v) is 14.5. The monoisotopic (exact) mass is 707 g/mol. The van der Waals surface area contributed by atoms with Gasteiger partial charge in [0.15, 0.2) is 0 Å². The predicted molar refractivity (Wildman–Crippen MR) is 190 cm³/mol. The minimum absolute atomic E-state index is 0.000655. The minimum Gasteiger partial charge on any atom is -0.497 e. The third-order valence-corrected chi connectivity index (χ3v) is 11.1. The van der Waals surface area contributed by atoms with Crippen molar-refractivity contribution in [2.45, 2.75) is 62.0 Å². The standard InChI is InChI=1S/C37H39Cl2N3O5S/c1-47-31-20-18-30(19-21-31)42(48(45,46)32-15-9-4-10-16-32)26-36(43)41(25-28-17-22-33(38)34(39)23-28)35(24-27-11-5-2-6-12-27)37(44)40-29-13-7-3-8-14-29/h2,4-6,9-12,15-23,29,35H,3,7-8,13-14,24-26H2,1H3,(H,40,44)/t35-/m1/s1. The summed E-state index contributed by atoms with van der Waals surface area (Å²) in [6.45, 7) is -0.569. The average molecular weight is 709 g/mol. The lowest BCUT2D eigenvalue weighted by Gasteiger charge is -2.35. The van der Waals surface area contributed by atoms with Crippen LogP contribution in [0.5, 0.6) is 5.75 Å². The fraction of sp³-hybridized carbons (Fsp3) is 0.297. The molecule has 0 heterocycles. The van der Waals surface area contributed by atoms with Gasteiger partial charge < -0.3 is 15.0 Å². The van der Waals surface area contributed by atoms with E-state index in [2.05, 4.69) is 5.32 Å². The number of carbonyl (C=O) groups is 2. The summed E-state index contributed by atoms with van der Waals surface area (Å²) in [4.78, 5) is 30.4. The number of methoxy groups -OCH3 is 1. The molecule has 1 fully saturated rings. The highest BCUT2D eigenvalue weighted by atomic mass is 35.5. The maximum Gasteiger partial charge on any atom is 0.264 e. The molecule has 5 rings (SSSR count). The van der Waals surface area contributed by atoms with Crippen LogP contribution in [0.1, 0.15) is 43.2 Å². The summed E-state index contributed by atoms with van der Waals surface area (Å²) in [6, 6.07) is 28.0. The van der Waals surface area contributed by atoms with Crippen LogP contribution in [-0.2, 0) is 32.6 Å². The highest BCUT2D eigenvalue weighted by Gasteiger charge is 2.35. The molecule has 0 aromatic heterocycles. The molecule has 0 bridgehead atoms. The van der Waals surface area contributed by atoms with E-state index in [4.69, 9.17) is 27.9 Å². The number of hydrogen-bond donors (Lipinski definition) is 1. The van der Waals surface area contributed by atoms with Crippen molar-refractivity contribution < 1.29 is 22.7 Å². The average Bonchev–Trinajstić information content (AvgIpc) is 3.11. The summed E-state index contributed by atoms with van der Waals surface area (Å²) in [6.07, 6.45) is 5.12. The molecule has 0 radical (unpaired) electrons. The Morgan fingerprint density at radius 2 is 1.48 bits per heavy atom. The van der Waals surface area contributed by atoms with Gasteiger partial charge in [0.05, 0.1) is 27.7 Å². The molecule has 1 aliphatic rings. The zero-order valence-corrected chi connectivity index (χ0v) is 29.1. The molecule has 252 valence electrons. The molecule has 11 heteroatoms. The third-order valence-electron chi connectivity index (χ3n) is 8.53. The smallest absolute Gasteiger partial charge is 0.264 e. The number of ether oxygens (including phenoxy) is 1. The van der Waals surface area contributed by atoms with Crippen molar-refractivity contribution in [2.24, 2.45) is 0 Å². The molecule has 4 aromatic rings. The molecule has 2 amide bonds. The SMILES string of the molecule is COc1ccc(N(CC(=O)N(Cc2ccc(Cl)c(Cl)c2)[C@H](Cc2ccccc2)C(=O)NC2CCCCC2)S(=O)(=O)c2ccccc2)cc1. The fourth-order valence-electron chi connectivity index (χ4n) is 5.93. The number of hydrogen-bond acceptors (Lipinski definition) is 5. The molecule has 1 aliphatic carbocycles. The van der Waals surface area contributed by atoms with Gasteiger partial charge in [0.25, 0.3) is 10.0 Å². The molecule has 4 aromatic carbocycles. The van der Waals surface area contributed by atoms with Gasteiger partial charge in [-0.15, -0.1) is 0 Å². The lowest BCUT2D eigenvalue weighted by atomic mass is 9.94. The molecular formula is C37H39Cl2N3O5S. The molecule has 1 saturated carbocycles. The van der Waals surface area contributed by atoms with E-state index < -0.39 is 28.5 Å². The number of nitrogens with zero attached hydrogens (tertiary/aromatic N) is 2. The van der Waals surface area contributed by atoms with E-state index in [1.807, 2.05) is 30.3 Å². The highest BCUT2D eigenvalue weighted by molar-refractivity contribution is 7.92. The van der Waals surface area contributed by atoms with Gasteiger partial charge in [-0.2, -0.15) is 0 Å². The van der Waals surface area contributed by atoms with E-state index in [-0.39, 0.29) is 35.5 Å². The van der Waals surface area contributed by atoms with Crippen molar-refractivity contribution >= 4 is 50.7 Å². The Morgan fingerprint density at radius 1 is 0.833 bits per heavy atom. The quantitative estimate of drug-likeness (QED) is 0.158. The number of halogens is 2. The van der Waals surface area contributed by atoms with Crippen LogP contribution in [0.25, 0.3) is 0 Å². The fourth-order valence-corrected chi connectivity index (χ4v) is 7.69. The van der Waals surface area contributed by atoms with Crippen molar-refractivity contribution in [3.05, 3.63) is 124 Å². The van der Waals surface area contributed by atoms with E-state index >= 15 is 0 Å². The molecular weight excluding hydrogens is 669 g/mol. The lowest BCUT2D eigenvalue weighted by Crippen LogP contribution is -2.55. The van der Waals surface area contributed by atoms with Crippen molar-refractivity contribution in [3.8, 4) is 5.75 Å². The molecule has 8 nitrogen and oxygen atoms in total. The van der Waals surface area contributed by atoms with E-state index in [1.165, 1.54) is 24.1 Å². The molecule has 0 unspecified atom stereocenters. The zero-order chi connectivity index (χ0) is 34.1. The second kappa shape index (κ2) is 16.4. The van der Waals surface area contributed by atoms with Crippen molar-refractivity contribution in [1.82, 2.24) is 10.2 Å². The van der Waals surface area contributed by atoms with Crippen LogP contribution in [0.3, 0.4) is 0 Å². The Kier molecular flexibility index (Phi) is 12.0. The molecule has 0 spiro atoms. The third kappa shape index (κ3) is 8.89. The second-order valence-electron chi connectivity index (χ2n) is 11.8. The number of rotatable bonds is 13. The summed E-state index contributed by atoms with van der Waals surface area (Å²) in [5.41, 5.74) is 1.77. The normalized spacial score (nSPS) is 14.1. The maximum atomic E-state index is 14.7. The number of anilines is 1. The van der Waals surface area contributed by atoms with Gasteiger partial charge in [0, 0.05) is 19.0 Å². The number of carbonyl (C=O) groups excluding carboxylic acids is 2. The molecule has 1 N–H and O–H groups in total. The Labute approximate surface area is 292 Å². The van der Waals surface area contributed by atoms with Gasteiger partial charge in [-0.1, -0.05) is 97.1 Å². The van der Waals surface area contributed by atoms with Crippen LogP contribution in [0.4, 0.5) is 5.69 Å². The van der Waals surface area contributed by atoms with Crippen LogP contribution < -0.4 is 14.4 Å². The molecule has 0 saturated heterocycles.